The van der Waals surface area contributed by atoms with Crippen LogP contribution in [0.5, 0.6) is 0 Å². The average molecular weight is 371 g/mol. The molecule has 0 aliphatic carbocycles. The van der Waals surface area contributed by atoms with Gasteiger partial charge in [0.05, 0.1) is 21.6 Å². The molecule has 0 bridgehead atoms. The number of benzene rings is 2. The van der Waals surface area contributed by atoms with Crippen LogP contribution in [0.4, 0.5) is 10.5 Å². The monoisotopic (exact) mass is 370 g/mol. The van der Waals surface area contributed by atoms with Crippen molar-refractivity contribution in [1.29, 1.82) is 0 Å². The van der Waals surface area contributed by atoms with E-state index in [1.807, 2.05) is 0 Å². The van der Waals surface area contributed by atoms with Crippen LogP contribution >= 0.6 is 11.6 Å². The number of carbonyl (C=O) groups excluding carboxylic acids is 2. The number of carbonyl (C=O) groups is 3. The van der Waals surface area contributed by atoms with E-state index in [-0.39, 0.29) is 21.8 Å². The Morgan fingerprint density at radius 1 is 0.962 bits per heavy atom. The van der Waals surface area contributed by atoms with E-state index >= 15 is 0 Å². The topological polar surface area (TPSA) is 121 Å². The molecule has 0 saturated heterocycles. The summed E-state index contributed by atoms with van der Waals surface area (Å²) in [5.74, 6) is -1.87. The summed E-state index contributed by atoms with van der Waals surface area (Å²) in [4.78, 5) is 43.4. The highest BCUT2D eigenvalue weighted by Crippen LogP contribution is 2.20. The van der Waals surface area contributed by atoms with Crippen LogP contribution in [0.25, 0.3) is 11.0 Å². The molecule has 1 aromatic heterocycles. The Kier molecular flexibility index (Phi) is 4.76. The largest absolute Gasteiger partial charge is 0.478 e. The maximum atomic E-state index is 12.2. The minimum absolute atomic E-state index is 0.0387. The molecule has 0 unspecified atom stereocenters. The number of hydrogen-bond acceptors (Lipinski definition) is 5. The third-order valence-electron chi connectivity index (χ3n) is 3.41. The lowest BCUT2D eigenvalue weighted by molar-refractivity contribution is 0.0696. The quantitative estimate of drug-likeness (QED) is 0.651. The van der Waals surface area contributed by atoms with E-state index in [1.54, 1.807) is 6.07 Å². The summed E-state index contributed by atoms with van der Waals surface area (Å²) in [5, 5.41) is 13.6. The lowest BCUT2D eigenvalue weighted by Gasteiger charge is -2.08. The Hall–Kier alpha value is -3.52. The molecule has 26 heavy (non-hydrogen) atoms. The number of imide groups is 1. The van der Waals surface area contributed by atoms with Gasteiger partial charge in [-0.3, -0.25) is 20.1 Å². The number of carboxylic acids is 1. The predicted molar refractivity (Wildman–Crippen MR) is 94.4 cm³/mol. The maximum absolute atomic E-state index is 12.2. The van der Waals surface area contributed by atoms with Crippen LogP contribution in [-0.4, -0.2) is 33.0 Å². The standard InChI is InChI=1S/C17H11ClN4O4/c18-12-3-2-10(8-11(12)16(24)25)21-17(26)22-15(23)9-1-4-13-14(7-9)20-6-5-19-13/h1-8H,(H,24,25)(H2,21,22,23,26). The Bertz CT molecular complexity index is 1040. The van der Waals surface area contributed by atoms with Crippen LogP contribution < -0.4 is 10.6 Å². The highest BCUT2D eigenvalue weighted by Gasteiger charge is 2.14. The van der Waals surface area contributed by atoms with Crippen molar-refractivity contribution in [3.05, 3.63) is 64.9 Å². The molecule has 3 amide bonds. The van der Waals surface area contributed by atoms with E-state index in [0.29, 0.717) is 11.0 Å². The number of fused-ring (bicyclic) bond motifs is 1. The number of rotatable bonds is 3. The zero-order chi connectivity index (χ0) is 18.7. The van der Waals surface area contributed by atoms with Gasteiger partial charge in [-0.25, -0.2) is 9.59 Å². The van der Waals surface area contributed by atoms with Gasteiger partial charge in [-0.2, -0.15) is 0 Å². The summed E-state index contributed by atoms with van der Waals surface area (Å²) in [6, 6.07) is 7.79. The second-order valence-corrected chi connectivity index (χ2v) is 5.58. The first-order valence-electron chi connectivity index (χ1n) is 7.30. The number of aromatic nitrogens is 2. The van der Waals surface area contributed by atoms with Crippen LogP contribution in [-0.2, 0) is 0 Å². The van der Waals surface area contributed by atoms with Gasteiger partial charge in [0.1, 0.15) is 0 Å². The number of aromatic carboxylic acids is 1. The summed E-state index contributed by atoms with van der Waals surface area (Å²) < 4.78 is 0. The molecule has 0 spiro atoms. The van der Waals surface area contributed by atoms with Crippen molar-refractivity contribution < 1.29 is 19.5 Å². The van der Waals surface area contributed by atoms with E-state index in [9.17, 15) is 14.4 Å². The normalized spacial score (nSPS) is 10.3. The zero-order valence-corrected chi connectivity index (χ0v) is 13.8. The minimum atomic E-state index is -1.23. The molecule has 8 nitrogen and oxygen atoms in total. The lowest BCUT2D eigenvalue weighted by Crippen LogP contribution is -2.34. The number of hydrogen-bond donors (Lipinski definition) is 3. The summed E-state index contributed by atoms with van der Waals surface area (Å²) in [7, 11) is 0. The molecule has 3 N–H and O–H groups in total. The lowest BCUT2D eigenvalue weighted by atomic mass is 10.2. The van der Waals surface area contributed by atoms with Crippen molar-refractivity contribution >= 4 is 46.2 Å². The molecule has 1 heterocycles. The molecule has 130 valence electrons. The molecule has 3 rings (SSSR count). The molecule has 0 saturated carbocycles. The molecular formula is C17H11ClN4O4. The number of amides is 3. The van der Waals surface area contributed by atoms with Crippen LogP contribution in [0.3, 0.4) is 0 Å². The summed E-state index contributed by atoms with van der Waals surface area (Å²) in [5.41, 5.74) is 1.39. The first kappa shape index (κ1) is 17.3. The van der Waals surface area contributed by atoms with Crippen molar-refractivity contribution in [2.45, 2.75) is 0 Å². The molecule has 0 fully saturated rings. The SMILES string of the molecule is O=C(NC(=O)c1ccc2nccnc2c1)Nc1ccc(Cl)c(C(=O)O)c1. The van der Waals surface area contributed by atoms with Gasteiger partial charge >= 0.3 is 12.0 Å². The number of nitrogens with one attached hydrogen (secondary N) is 2. The van der Waals surface area contributed by atoms with Gasteiger partial charge < -0.3 is 10.4 Å². The van der Waals surface area contributed by atoms with Crippen LogP contribution in [0, 0.1) is 0 Å². The molecule has 3 aromatic rings. The summed E-state index contributed by atoms with van der Waals surface area (Å²) >= 11 is 5.77. The van der Waals surface area contributed by atoms with Gasteiger partial charge in [0, 0.05) is 23.6 Å². The van der Waals surface area contributed by atoms with Crippen molar-refractivity contribution in [2.75, 3.05) is 5.32 Å². The summed E-state index contributed by atoms with van der Waals surface area (Å²) in [6.07, 6.45) is 3.03. The van der Waals surface area contributed by atoms with Crippen molar-refractivity contribution in [3.8, 4) is 0 Å². The van der Waals surface area contributed by atoms with E-state index in [4.69, 9.17) is 16.7 Å². The predicted octanol–water partition coefficient (Wildman–Crippen LogP) is 2.94. The minimum Gasteiger partial charge on any atom is -0.478 e. The number of halogens is 1. The Morgan fingerprint density at radius 3 is 2.42 bits per heavy atom. The molecule has 0 aliphatic heterocycles. The molecule has 0 radical (unpaired) electrons. The van der Waals surface area contributed by atoms with Gasteiger partial charge in [-0.15, -0.1) is 0 Å². The first-order chi connectivity index (χ1) is 12.4. The molecular weight excluding hydrogens is 360 g/mol. The van der Waals surface area contributed by atoms with Crippen molar-refractivity contribution in [3.63, 3.8) is 0 Å². The number of urea groups is 1. The van der Waals surface area contributed by atoms with E-state index in [1.165, 1.54) is 42.7 Å². The summed E-state index contributed by atoms with van der Waals surface area (Å²) in [6.45, 7) is 0. The third kappa shape index (κ3) is 3.76. The number of anilines is 1. The van der Waals surface area contributed by atoms with Gasteiger partial charge in [0.15, 0.2) is 0 Å². The molecule has 0 atom stereocenters. The Balaban J connectivity index is 1.72. The number of carboxylic acid groups (broad SMARTS) is 1. The van der Waals surface area contributed by atoms with Gasteiger partial charge in [-0.1, -0.05) is 11.6 Å². The van der Waals surface area contributed by atoms with E-state index in [0.717, 1.165) is 0 Å². The first-order valence-corrected chi connectivity index (χ1v) is 7.68. The van der Waals surface area contributed by atoms with Gasteiger partial charge in [-0.05, 0) is 36.4 Å². The second-order valence-electron chi connectivity index (χ2n) is 5.17. The average Bonchev–Trinajstić information content (AvgIpc) is 2.62. The second kappa shape index (κ2) is 7.16. The molecule has 2 aromatic carbocycles. The fourth-order valence-electron chi connectivity index (χ4n) is 2.21. The highest BCUT2D eigenvalue weighted by molar-refractivity contribution is 6.33. The van der Waals surface area contributed by atoms with E-state index in [2.05, 4.69) is 20.6 Å². The third-order valence-corrected chi connectivity index (χ3v) is 3.74. The van der Waals surface area contributed by atoms with Crippen molar-refractivity contribution in [1.82, 2.24) is 15.3 Å². The number of nitrogens with zero attached hydrogens (tertiary/aromatic N) is 2. The molecule has 0 aliphatic rings. The smallest absolute Gasteiger partial charge is 0.337 e. The zero-order valence-electron chi connectivity index (χ0n) is 13.1. The fraction of sp³-hybridized carbons (Fsp3) is 0. The Morgan fingerprint density at radius 2 is 1.69 bits per heavy atom. The Labute approximate surface area is 151 Å². The van der Waals surface area contributed by atoms with Crippen molar-refractivity contribution in [2.24, 2.45) is 0 Å². The maximum Gasteiger partial charge on any atom is 0.337 e. The van der Waals surface area contributed by atoms with Crippen LogP contribution in [0.15, 0.2) is 48.8 Å². The van der Waals surface area contributed by atoms with Crippen LogP contribution in [0.1, 0.15) is 20.7 Å². The highest BCUT2D eigenvalue weighted by atomic mass is 35.5. The van der Waals surface area contributed by atoms with Gasteiger partial charge in [0.2, 0.25) is 0 Å². The van der Waals surface area contributed by atoms with E-state index < -0.39 is 17.9 Å². The van der Waals surface area contributed by atoms with Gasteiger partial charge in [0.25, 0.3) is 5.91 Å². The fourth-order valence-corrected chi connectivity index (χ4v) is 2.41. The van der Waals surface area contributed by atoms with Crippen LogP contribution in [0.2, 0.25) is 5.02 Å². The molecule has 9 heteroatoms.